The van der Waals surface area contributed by atoms with Gasteiger partial charge in [-0.2, -0.15) is 13.2 Å². The summed E-state index contributed by atoms with van der Waals surface area (Å²) in [6.45, 7) is 1.62. The monoisotopic (exact) mass is 263 g/mol. The molecule has 2 aromatic rings. The Bertz CT molecular complexity index is 592. The number of pyridine rings is 1. The minimum absolute atomic E-state index is 0.0976. The summed E-state index contributed by atoms with van der Waals surface area (Å²) in [5.74, 6) is -1.35. The van der Waals surface area contributed by atoms with E-state index in [1.165, 1.54) is 12.3 Å². The Labute approximate surface area is 99.0 Å². The summed E-state index contributed by atoms with van der Waals surface area (Å²) >= 11 is 5.87. The third kappa shape index (κ3) is 1.95. The van der Waals surface area contributed by atoms with Crippen molar-refractivity contribution in [3.8, 4) is 0 Å². The number of aromatic nitrogens is 1. The van der Waals surface area contributed by atoms with Crippen molar-refractivity contribution in [1.29, 1.82) is 0 Å². The first kappa shape index (κ1) is 12.1. The van der Waals surface area contributed by atoms with E-state index in [1.807, 2.05) is 0 Å². The molecule has 0 atom stereocenters. The minimum atomic E-state index is -4.80. The van der Waals surface area contributed by atoms with E-state index < -0.39 is 23.1 Å². The fraction of sp³-hybridized carbons (Fsp3) is 0.182. The lowest BCUT2D eigenvalue weighted by Gasteiger charge is -2.12. The van der Waals surface area contributed by atoms with Crippen molar-refractivity contribution in [3.63, 3.8) is 0 Å². The highest BCUT2D eigenvalue weighted by atomic mass is 35.5. The molecule has 0 fully saturated rings. The fourth-order valence-corrected chi connectivity index (χ4v) is 1.78. The molecule has 2 rings (SSSR count). The van der Waals surface area contributed by atoms with Gasteiger partial charge < -0.3 is 0 Å². The molecule has 0 spiro atoms. The smallest absolute Gasteiger partial charge is 0.255 e. The second kappa shape index (κ2) is 3.84. The summed E-state index contributed by atoms with van der Waals surface area (Å²) in [4.78, 5) is 3.62. The van der Waals surface area contributed by atoms with Crippen molar-refractivity contribution in [2.75, 3.05) is 0 Å². The number of fused-ring (bicyclic) bond motifs is 1. The van der Waals surface area contributed by atoms with E-state index in [-0.39, 0.29) is 10.4 Å². The molecule has 1 heterocycles. The van der Waals surface area contributed by atoms with Gasteiger partial charge in [-0.15, -0.1) is 0 Å². The summed E-state index contributed by atoms with van der Waals surface area (Å²) in [5.41, 5.74) is -1.30. The van der Waals surface area contributed by atoms with Gasteiger partial charge in [-0.05, 0) is 24.6 Å². The molecular weight excluding hydrogens is 258 g/mol. The van der Waals surface area contributed by atoms with Gasteiger partial charge in [-0.1, -0.05) is 11.6 Å². The Hall–Kier alpha value is -1.36. The summed E-state index contributed by atoms with van der Waals surface area (Å²) in [6, 6.07) is 1.94. The summed E-state index contributed by atoms with van der Waals surface area (Å²) < 4.78 is 51.3. The standard InChI is InChI=1S/C11H6ClF4N/c1-5-4-17-10-6(9(5)12)2-3-7(13)8(10)11(14,15)16/h2-4H,1H3. The minimum Gasteiger partial charge on any atom is -0.255 e. The number of benzene rings is 1. The van der Waals surface area contributed by atoms with E-state index >= 15 is 0 Å². The van der Waals surface area contributed by atoms with Gasteiger partial charge in [0.05, 0.1) is 10.5 Å². The summed E-state index contributed by atoms with van der Waals surface area (Å²) in [6.07, 6.45) is -3.60. The van der Waals surface area contributed by atoms with Crippen molar-refractivity contribution in [3.05, 3.63) is 40.3 Å². The Morgan fingerprint density at radius 2 is 1.88 bits per heavy atom. The molecule has 0 saturated carbocycles. The second-order valence-corrected chi connectivity index (χ2v) is 3.95. The molecule has 90 valence electrons. The van der Waals surface area contributed by atoms with Crippen molar-refractivity contribution in [1.82, 2.24) is 4.98 Å². The van der Waals surface area contributed by atoms with E-state index in [0.717, 1.165) is 6.07 Å². The number of nitrogens with zero attached hydrogens (tertiary/aromatic N) is 1. The van der Waals surface area contributed by atoms with Crippen LogP contribution in [0.15, 0.2) is 18.3 Å². The Morgan fingerprint density at radius 1 is 1.24 bits per heavy atom. The largest absolute Gasteiger partial charge is 0.421 e. The van der Waals surface area contributed by atoms with Crippen molar-refractivity contribution in [2.45, 2.75) is 13.1 Å². The highest BCUT2D eigenvalue weighted by Gasteiger charge is 2.37. The van der Waals surface area contributed by atoms with Crippen LogP contribution in [0.1, 0.15) is 11.1 Å². The first-order valence-electron chi connectivity index (χ1n) is 4.63. The molecule has 0 aliphatic carbocycles. The molecule has 0 bridgehead atoms. The van der Waals surface area contributed by atoms with Crippen molar-refractivity contribution < 1.29 is 17.6 Å². The first-order chi connectivity index (χ1) is 7.82. The lowest BCUT2D eigenvalue weighted by molar-refractivity contribution is -0.138. The topological polar surface area (TPSA) is 12.9 Å². The Balaban J connectivity index is 2.93. The van der Waals surface area contributed by atoms with Crippen LogP contribution >= 0.6 is 11.6 Å². The van der Waals surface area contributed by atoms with Crippen LogP contribution in [0.5, 0.6) is 0 Å². The molecule has 6 heteroatoms. The normalized spacial score (nSPS) is 12.1. The van der Waals surface area contributed by atoms with E-state index in [0.29, 0.717) is 5.56 Å². The lowest BCUT2D eigenvalue weighted by atomic mass is 10.1. The maximum absolute atomic E-state index is 13.2. The number of hydrogen-bond donors (Lipinski definition) is 0. The van der Waals surface area contributed by atoms with E-state index in [1.54, 1.807) is 6.92 Å². The van der Waals surface area contributed by atoms with Crippen LogP contribution in [0, 0.1) is 12.7 Å². The van der Waals surface area contributed by atoms with E-state index in [2.05, 4.69) is 4.98 Å². The SMILES string of the molecule is Cc1cnc2c(C(F)(F)F)c(F)ccc2c1Cl. The number of hydrogen-bond acceptors (Lipinski definition) is 1. The molecule has 0 saturated heterocycles. The highest BCUT2D eigenvalue weighted by molar-refractivity contribution is 6.36. The third-order valence-corrected chi connectivity index (χ3v) is 2.88. The number of alkyl halides is 3. The molecule has 0 unspecified atom stereocenters. The average molecular weight is 264 g/mol. The predicted molar refractivity (Wildman–Crippen MR) is 56.5 cm³/mol. The van der Waals surface area contributed by atoms with Crippen LogP contribution in [0.2, 0.25) is 5.02 Å². The molecule has 1 aromatic heterocycles. The Morgan fingerprint density at radius 3 is 2.47 bits per heavy atom. The summed E-state index contributed by atoms with van der Waals surface area (Å²) in [7, 11) is 0. The summed E-state index contributed by atoms with van der Waals surface area (Å²) in [5, 5.41) is 0.251. The lowest BCUT2D eigenvalue weighted by Crippen LogP contribution is -2.10. The van der Waals surface area contributed by atoms with Crippen molar-refractivity contribution >= 4 is 22.5 Å². The molecule has 17 heavy (non-hydrogen) atoms. The molecule has 0 radical (unpaired) electrons. The molecule has 0 amide bonds. The van der Waals surface area contributed by atoms with Gasteiger partial charge >= 0.3 is 6.18 Å². The van der Waals surface area contributed by atoms with Gasteiger partial charge in [0.25, 0.3) is 0 Å². The van der Waals surface area contributed by atoms with Gasteiger partial charge in [0.15, 0.2) is 0 Å². The third-order valence-electron chi connectivity index (χ3n) is 2.38. The predicted octanol–water partition coefficient (Wildman–Crippen LogP) is 4.35. The molecule has 0 N–H and O–H groups in total. The molecule has 0 aliphatic heterocycles. The van der Waals surface area contributed by atoms with Crippen LogP contribution in [-0.4, -0.2) is 4.98 Å². The van der Waals surface area contributed by atoms with E-state index in [9.17, 15) is 17.6 Å². The van der Waals surface area contributed by atoms with Crippen LogP contribution in [0.3, 0.4) is 0 Å². The fourth-order valence-electron chi connectivity index (χ4n) is 1.58. The molecular formula is C11H6ClF4N. The molecule has 1 aromatic carbocycles. The maximum atomic E-state index is 13.2. The Kier molecular flexibility index (Phi) is 2.73. The zero-order valence-electron chi connectivity index (χ0n) is 8.57. The molecule has 0 aliphatic rings. The van der Waals surface area contributed by atoms with Gasteiger partial charge in [0.2, 0.25) is 0 Å². The molecule has 1 nitrogen and oxygen atoms in total. The first-order valence-corrected chi connectivity index (χ1v) is 5.00. The van der Waals surface area contributed by atoms with Crippen LogP contribution in [0.4, 0.5) is 17.6 Å². The number of aryl methyl sites for hydroxylation is 1. The zero-order chi connectivity index (χ0) is 12.8. The number of rotatable bonds is 0. The highest BCUT2D eigenvalue weighted by Crippen LogP contribution is 2.38. The van der Waals surface area contributed by atoms with Gasteiger partial charge in [0.1, 0.15) is 11.4 Å². The van der Waals surface area contributed by atoms with Gasteiger partial charge in [0, 0.05) is 11.6 Å². The van der Waals surface area contributed by atoms with E-state index in [4.69, 9.17) is 11.6 Å². The van der Waals surface area contributed by atoms with Crippen LogP contribution < -0.4 is 0 Å². The quantitative estimate of drug-likeness (QED) is 0.644. The maximum Gasteiger partial charge on any atom is 0.421 e. The van der Waals surface area contributed by atoms with Crippen LogP contribution in [0.25, 0.3) is 10.9 Å². The average Bonchev–Trinajstić information content (AvgIpc) is 2.21. The van der Waals surface area contributed by atoms with Gasteiger partial charge in [-0.3, -0.25) is 4.98 Å². The second-order valence-electron chi connectivity index (χ2n) is 3.57. The van der Waals surface area contributed by atoms with Gasteiger partial charge in [-0.25, -0.2) is 4.39 Å². The number of halogens is 5. The zero-order valence-corrected chi connectivity index (χ0v) is 9.33. The van der Waals surface area contributed by atoms with Crippen LogP contribution in [-0.2, 0) is 6.18 Å². The van der Waals surface area contributed by atoms with Crippen molar-refractivity contribution in [2.24, 2.45) is 0 Å².